The molecule has 0 fully saturated rings. The van der Waals surface area contributed by atoms with E-state index in [9.17, 15) is 0 Å². The molecule has 0 saturated carbocycles. The highest BCUT2D eigenvalue weighted by Crippen LogP contribution is 2.47. The predicted octanol–water partition coefficient (Wildman–Crippen LogP) is 13.2. The first-order valence-corrected chi connectivity index (χ1v) is 17.5. The van der Waals surface area contributed by atoms with Gasteiger partial charge in [-0.05, 0) is 71.3 Å². The first-order valence-electron chi connectivity index (χ1n) is 17.5. The van der Waals surface area contributed by atoms with Gasteiger partial charge in [-0.25, -0.2) is 4.98 Å². The molecular formula is C46H38N2O2. The number of furan rings is 2. The summed E-state index contributed by atoms with van der Waals surface area (Å²) in [5.41, 5.74) is 13.6. The van der Waals surface area contributed by atoms with Crippen LogP contribution in [-0.4, -0.2) is 9.55 Å². The van der Waals surface area contributed by atoms with Crippen molar-refractivity contribution in [2.24, 2.45) is 0 Å². The van der Waals surface area contributed by atoms with Gasteiger partial charge in [0, 0.05) is 21.9 Å². The lowest BCUT2D eigenvalue weighted by Gasteiger charge is -2.22. The number of benzene rings is 6. The third-order valence-corrected chi connectivity index (χ3v) is 10.2. The van der Waals surface area contributed by atoms with E-state index in [2.05, 4.69) is 154 Å². The molecule has 3 heterocycles. The van der Waals surface area contributed by atoms with E-state index >= 15 is 0 Å². The fourth-order valence-electron chi connectivity index (χ4n) is 7.65. The molecule has 4 nitrogen and oxygen atoms in total. The van der Waals surface area contributed by atoms with Gasteiger partial charge in [0.2, 0.25) is 0 Å². The number of rotatable bonds is 6. The quantitative estimate of drug-likeness (QED) is 0.180. The highest BCUT2D eigenvalue weighted by Gasteiger charge is 2.28. The van der Waals surface area contributed by atoms with Crippen LogP contribution in [0.5, 0.6) is 0 Å². The van der Waals surface area contributed by atoms with Crippen molar-refractivity contribution in [1.29, 1.82) is 0 Å². The standard InChI is InChI=1S/C46H38N2O2/c1-27(2)33-19-14-20-34(28(3)4)42(33)48-39-22-13-12-21-38(39)47-46(48)37-26-36-29(5)43(31-17-10-7-11-18-31)50-44(36)41-35-24-23-32(25-40(35)49-45(37)41)30-15-8-6-9-16-30/h6-28H,1-5H3. The molecule has 0 bridgehead atoms. The lowest BCUT2D eigenvalue weighted by atomic mass is 9.92. The molecule has 0 N–H and O–H groups in total. The summed E-state index contributed by atoms with van der Waals surface area (Å²) < 4.78 is 16.2. The second kappa shape index (κ2) is 11.6. The van der Waals surface area contributed by atoms with Crippen molar-refractivity contribution in [1.82, 2.24) is 9.55 Å². The van der Waals surface area contributed by atoms with Crippen LogP contribution < -0.4 is 0 Å². The van der Waals surface area contributed by atoms with Crippen LogP contribution in [0.15, 0.2) is 136 Å². The van der Waals surface area contributed by atoms with Crippen LogP contribution >= 0.6 is 0 Å². The van der Waals surface area contributed by atoms with Gasteiger partial charge in [-0.15, -0.1) is 0 Å². The van der Waals surface area contributed by atoms with Crippen LogP contribution in [0.3, 0.4) is 0 Å². The molecule has 0 spiro atoms. The average Bonchev–Trinajstić information content (AvgIpc) is 3.82. The molecule has 0 atom stereocenters. The van der Waals surface area contributed by atoms with Crippen LogP contribution in [0, 0.1) is 6.92 Å². The Bertz CT molecular complexity index is 2680. The second-order valence-electron chi connectivity index (χ2n) is 14.0. The molecule has 0 aliphatic heterocycles. The van der Waals surface area contributed by atoms with E-state index in [1.165, 1.54) is 16.8 Å². The van der Waals surface area contributed by atoms with Gasteiger partial charge in [-0.2, -0.15) is 0 Å². The summed E-state index contributed by atoms with van der Waals surface area (Å²) in [7, 11) is 0. The molecule has 9 aromatic rings. The molecule has 0 aliphatic rings. The number of aryl methyl sites for hydroxylation is 1. The number of imidazole rings is 1. The molecule has 9 rings (SSSR count). The Morgan fingerprint density at radius 1 is 0.580 bits per heavy atom. The van der Waals surface area contributed by atoms with Gasteiger partial charge in [0.1, 0.15) is 28.3 Å². The van der Waals surface area contributed by atoms with Crippen molar-refractivity contribution in [2.75, 3.05) is 0 Å². The minimum atomic E-state index is 0.312. The first kappa shape index (κ1) is 30.2. The third-order valence-electron chi connectivity index (χ3n) is 10.2. The van der Waals surface area contributed by atoms with Gasteiger partial charge in [-0.1, -0.05) is 125 Å². The normalized spacial score (nSPS) is 12.1. The lowest BCUT2D eigenvalue weighted by molar-refractivity contribution is 0.631. The largest absolute Gasteiger partial charge is 0.455 e. The van der Waals surface area contributed by atoms with Gasteiger partial charge in [0.05, 0.1) is 27.7 Å². The van der Waals surface area contributed by atoms with Crippen molar-refractivity contribution >= 4 is 43.9 Å². The van der Waals surface area contributed by atoms with E-state index in [1.807, 2.05) is 12.1 Å². The second-order valence-corrected chi connectivity index (χ2v) is 14.0. The van der Waals surface area contributed by atoms with Crippen LogP contribution in [0.2, 0.25) is 0 Å². The summed E-state index contributed by atoms with van der Waals surface area (Å²) in [6.45, 7) is 11.3. The number of para-hydroxylation sites is 3. The van der Waals surface area contributed by atoms with Gasteiger partial charge < -0.3 is 8.83 Å². The maximum Gasteiger partial charge on any atom is 0.150 e. The molecule has 0 amide bonds. The summed E-state index contributed by atoms with van der Waals surface area (Å²) in [6.07, 6.45) is 0. The van der Waals surface area contributed by atoms with Crippen molar-refractivity contribution < 1.29 is 8.83 Å². The number of fused-ring (bicyclic) bond motifs is 6. The molecule has 50 heavy (non-hydrogen) atoms. The summed E-state index contributed by atoms with van der Waals surface area (Å²) in [4.78, 5) is 5.42. The molecule has 0 radical (unpaired) electrons. The Morgan fingerprint density at radius 3 is 1.94 bits per heavy atom. The van der Waals surface area contributed by atoms with E-state index < -0.39 is 0 Å². The Balaban J connectivity index is 1.43. The van der Waals surface area contributed by atoms with Crippen molar-refractivity contribution in [3.05, 3.63) is 144 Å². The number of nitrogens with zero attached hydrogens (tertiary/aromatic N) is 2. The molecule has 4 heteroatoms. The van der Waals surface area contributed by atoms with Gasteiger partial charge in [-0.3, -0.25) is 4.57 Å². The van der Waals surface area contributed by atoms with Crippen molar-refractivity contribution in [3.63, 3.8) is 0 Å². The van der Waals surface area contributed by atoms with Crippen LogP contribution in [0.4, 0.5) is 0 Å². The first-order chi connectivity index (χ1) is 24.4. The monoisotopic (exact) mass is 650 g/mol. The lowest BCUT2D eigenvalue weighted by Crippen LogP contribution is -2.08. The Morgan fingerprint density at radius 2 is 1.24 bits per heavy atom. The Kier molecular flexibility index (Phi) is 7.03. The Labute approximate surface area is 291 Å². The van der Waals surface area contributed by atoms with E-state index in [4.69, 9.17) is 13.8 Å². The summed E-state index contributed by atoms with van der Waals surface area (Å²) >= 11 is 0. The zero-order valence-electron chi connectivity index (χ0n) is 29.0. The average molecular weight is 651 g/mol. The minimum absolute atomic E-state index is 0.312. The van der Waals surface area contributed by atoms with Crippen LogP contribution in [0.1, 0.15) is 56.2 Å². The maximum atomic E-state index is 6.99. The minimum Gasteiger partial charge on any atom is -0.455 e. The van der Waals surface area contributed by atoms with E-state index in [1.54, 1.807) is 0 Å². The number of hydrogen-bond acceptors (Lipinski definition) is 3. The van der Waals surface area contributed by atoms with E-state index in [0.717, 1.165) is 83.3 Å². The van der Waals surface area contributed by atoms with Gasteiger partial charge in [0.15, 0.2) is 0 Å². The summed E-state index contributed by atoms with van der Waals surface area (Å²) in [6, 6.07) is 44.8. The number of aromatic nitrogens is 2. The van der Waals surface area contributed by atoms with Crippen molar-refractivity contribution in [3.8, 4) is 39.5 Å². The molecular weight excluding hydrogens is 613 g/mol. The summed E-state index contributed by atoms with van der Waals surface area (Å²) in [5.74, 6) is 2.35. The van der Waals surface area contributed by atoms with Gasteiger partial charge in [0.25, 0.3) is 0 Å². The molecule has 3 aromatic heterocycles. The zero-order valence-corrected chi connectivity index (χ0v) is 29.0. The maximum absolute atomic E-state index is 6.99. The fraction of sp³-hybridized carbons (Fsp3) is 0.152. The third kappa shape index (κ3) is 4.63. The van der Waals surface area contributed by atoms with Crippen molar-refractivity contribution in [2.45, 2.75) is 46.5 Å². The molecule has 6 aromatic carbocycles. The van der Waals surface area contributed by atoms with E-state index in [0.29, 0.717) is 11.8 Å². The zero-order chi connectivity index (χ0) is 34.1. The molecule has 0 unspecified atom stereocenters. The van der Waals surface area contributed by atoms with Gasteiger partial charge >= 0.3 is 0 Å². The van der Waals surface area contributed by atoms with Crippen LogP contribution in [-0.2, 0) is 0 Å². The SMILES string of the molecule is Cc1c(-c2ccccc2)oc2c1cc(-c1nc3ccccc3n1-c1c(C(C)C)cccc1C(C)C)c1oc3cc(-c4ccccc4)ccc3c12. The number of hydrogen-bond donors (Lipinski definition) is 0. The van der Waals surface area contributed by atoms with E-state index in [-0.39, 0.29) is 0 Å². The molecule has 0 aliphatic carbocycles. The summed E-state index contributed by atoms with van der Waals surface area (Å²) in [5, 5.41) is 3.05. The Hall–Kier alpha value is -5.87. The predicted molar refractivity (Wildman–Crippen MR) is 207 cm³/mol. The highest BCUT2D eigenvalue weighted by molar-refractivity contribution is 6.22. The fourth-order valence-corrected chi connectivity index (χ4v) is 7.65. The highest BCUT2D eigenvalue weighted by atomic mass is 16.3. The molecule has 244 valence electrons. The molecule has 0 saturated heterocycles. The topological polar surface area (TPSA) is 44.1 Å². The smallest absolute Gasteiger partial charge is 0.150 e. The van der Waals surface area contributed by atoms with Crippen LogP contribution in [0.25, 0.3) is 83.5 Å².